The van der Waals surface area contributed by atoms with E-state index in [9.17, 15) is 9.59 Å². The Hall–Kier alpha value is -1.56. The van der Waals surface area contributed by atoms with Crippen LogP contribution in [0.5, 0.6) is 0 Å². The SMILES string of the molecule is CCOC(=O)Cc1csc2c1c(=O)n(C)n2C. The van der Waals surface area contributed by atoms with Gasteiger partial charge in [-0.2, -0.15) is 0 Å². The van der Waals surface area contributed by atoms with Crippen LogP contribution in [0.4, 0.5) is 0 Å². The number of carbonyl (C=O) groups is 1. The summed E-state index contributed by atoms with van der Waals surface area (Å²) in [7, 11) is 3.54. The molecule has 0 amide bonds. The van der Waals surface area contributed by atoms with Gasteiger partial charge in [0.25, 0.3) is 5.56 Å². The molecule has 0 bridgehead atoms. The third kappa shape index (κ3) is 1.88. The zero-order valence-corrected chi connectivity index (χ0v) is 10.8. The standard InChI is InChI=1S/C11H14N2O3S/c1-4-16-8(14)5-7-6-17-11-9(7)10(15)12(2)13(11)3/h6H,4-5H2,1-3H3. The summed E-state index contributed by atoms with van der Waals surface area (Å²) in [6.45, 7) is 2.13. The molecule has 92 valence electrons. The third-order valence-corrected chi connectivity index (χ3v) is 3.83. The highest BCUT2D eigenvalue weighted by Gasteiger charge is 2.17. The maximum Gasteiger partial charge on any atom is 0.310 e. The van der Waals surface area contributed by atoms with Crippen molar-refractivity contribution in [3.8, 4) is 0 Å². The van der Waals surface area contributed by atoms with Crippen molar-refractivity contribution < 1.29 is 9.53 Å². The molecule has 0 aliphatic carbocycles. The molecule has 0 aromatic carbocycles. The van der Waals surface area contributed by atoms with Crippen LogP contribution < -0.4 is 5.56 Å². The van der Waals surface area contributed by atoms with Crippen molar-refractivity contribution in [2.45, 2.75) is 13.3 Å². The first kappa shape index (κ1) is 11.9. The number of aryl methyl sites for hydroxylation is 1. The fourth-order valence-corrected chi connectivity index (χ4v) is 2.85. The second-order valence-electron chi connectivity index (χ2n) is 3.78. The second-order valence-corrected chi connectivity index (χ2v) is 4.63. The molecule has 6 heteroatoms. The molecule has 2 aromatic rings. The summed E-state index contributed by atoms with van der Waals surface area (Å²) in [6, 6.07) is 0. The number of carbonyl (C=O) groups excluding carboxylic acids is 1. The van der Waals surface area contributed by atoms with Gasteiger partial charge in [0.15, 0.2) is 0 Å². The van der Waals surface area contributed by atoms with Gasteiger partial charge in [-0.15, -0.1) is 11.3 Å². The molecule has 17 heavy (non-hydrogen) atoms. The lowest BCUT2D eigenvalue weighted by Gasteiger charge is -1.99. The zero-order chi connectivity index (χ0) is 12.6. The van der Waals surface area contributed by atoms with Gasteiger partial charge < -0.3 is 4.74 Å². The Kier molecular flexibility index (Phi) is 3.06. The predicted octanol–water partition coefficient (Wildman–Crippen LogP) is 1.04. The molecule has 2 heterocycles. The van der Waals surface area contributed by atoms with E-state index in [0.29, 0.717) is 12.0 Å². The summed E-state index contributed by atoms with van der Waals surface area (Å²) in [5, 5.41) is 2.48. The molecule has 0 saturated carbocycles. The highest BCUT2D eigenvalue weighted by Crippen LogP contribution is 2.23. The van der Waals surface area contributed by atoms with Gasteiger partial charge in [0.2, 0.25) is 0 Å². The molecule has 0 fully saturated rings. The molecular weight excluding hydrogens is 240 g/mol. The van der Waals surface area contributed by atoms with Crippen molar-refractivity contribution in [3.05, 3.63) is 21.3 Å². The number of ether oxygens (including phenoxy) is 1. The molecule has 2 aromatic heterocycles. The van der Waals surface area contributed by atoms with Gasteiger partial charge in [-0.25, -0.2) is 0 Å². The van der Waals surface area contributed by atoms with E-state index in [2.05, 4.69) is 0 Å². The van der Waals surface area contributed by atoms with Crippen LogP contribution >= 0.6 is 11.3 Å². The summed E-state index contributed by atoms with van der Waals surface area (Å²) in [4.78, 5) is 24.3. The van der Waals surface area contributed by atoms with E-state index in [1.807, 2.05) is 12.4 Å². The number of thiophene rings is 1. The molecule has 0 aliphatic rings. The predicted molar refractivity (Wildman–Crippen MR) is 66.4 cm³/mol. The van der Waals surface area contributed by atoms with Gasteiger partial charge in [-0.3, -0.25) is 19.0 Å². The largest absolute Gasteiger partial charge is 0.466 e. The van der Waals surface area contributed by atoms with Crippen LogP contribution in [0, 0.1) is 0 Å². The first-order chi connectivity index (χ1) is 8.06. The van der Waals surface area contributed by atoms with E-state index < -0.39 is 0 Å². The average Bonchev–Trinajstić information content (AvgIpc) is 2.77. The summed E-state index contributed by atoms with van der Waals surface area (Å²) in [5.74, 6) is -0.293. The van der Waals surface area contributed by atoms with E-state index in [4.69, 9.17) is 4.74 Å². The van der Waals surface area contributed by atoms with Crippen LogP contribution in [-0.4, -0.2) is 21.9 Å². The van der Waals surface area contributed by atoms with Gasteiger partial charge in [0.05, 0.1) is 18.4 Å². The van der Waals surface area contributed by atoms with E-state index in [1.54, 1.807) is 18.7 Å². The number of esters is 1. The van der Waals surface area contributed by atoms with Crippen LogP contribution in [0.25, 0.3) is 10.2 Å². The van der Waals surface area contributed by atoms with Crippen LogP contribution in [0.3, 0.4) is 0 Å². The van der Waals surface area contributed by atoms with Crippen molar-refractivity contribution in [1.82, 2.24) is 9.36 Å². The van der Waals surface area contributed by atoms with E-state index >= 15 is 0 Å². The maximum atomic E-state index is 12.0. The normalized spacial score (nSPS) is 11.0. The highest BCUT2D eigenvalue weighted by molar-refractivity contribution is 7.17. The Balaban J connectivity index is 2.46. The maximum absolute atomic E-state index is 12.0. The zero-order valence-electron chi connectivity index (χ0n) is 10.0. The molecular formula is C11H14N2O3S. The lowest BCUT2D eigenvalue weighted by atomic mass is 10.2. The number of nitrogens with zero attached hydrogens (tertiary/aromatic N) is 2. The average molecular weight is 254 g/mol. The molecule has 0 aliphatic heterocycles. The molecule has 0 atom stereocenters. The lowest BCUT2D eigenvalue weighted by Crippen LogP contribution is -2.17. The third-order valence-electron chi connectivity index (χ3n) is 2.74. The first-order valence-corrected chi connectivity index (χ1v) is 6.22. The van der Waals surface area contributed by atoms with Crippen LogP contribution in [-0.2, 0) is 30.0 Å². The Labute approximate surface area is 102 Å². The van der Waals surface area contributed by atoms with Crippen LogP contribution in [0.1, 0.15) is 12.5 Å². The monoisotopic (exact) mass is 254 g/mol. The molecule has 0 radical (unpaired) electrons. The minimum atomic E-state index is -0.293. The fraction of sp³-hybridized carbons (Fsp3) is 0.455. The Morgan fingerprint density at radius 2 is 2.12 bits per heavy atom. The summed E-state index contributed by atoms with van der Waals surface area (Å²) < 4.78 is 8.22. The van der Waals surface area contributed by atoms with Crippen LogP contribution in [0.15, 0.2) is 10.2 Å². The van der Waals surface area contributed by atoms with Crippen molar-refractivity contribution in [2.24, 2.45) is 14.1 Å². The second kappa shape index (κ2) is 4.37. The van der Waals surface area contributed by atoms with Gasteiger partial charge >= 0.3 is 5.97 Å². The molecule has 0 N–H and O–H groups in total. The smallest absolute Gasteiger partial charge is 0.310 e. The van der Waals surface area contributed by atoms with Crippen molar-refractivity contribution in [1.29, 1.82) is 0 Å². The number of rotatable bonds is 3. The first-order valence-electron chi connectivity index (χ1n) is 5.34. The fourth-order valence-electron chi connectivity index (χ4n) is 1.78. The van der Waals surface area contributed by atoms with E-state index in [0.717, 1.165) is 10.4 Å². The van der Waals surface area contributed by atoms with Gasteiger partial charge in [-0.1, -0.05) is 0 Å². The summed E-state index contributed by atoms with van der Waals surface area (Å²) in [6.07, 6.45) is 0.160. The van der Waals surface area contributed by atoms with Crippen LogP contribution in [0.2, 0.25) is 0 Å². The van der Waals surface area contributed by atoms with E-state index in [-0.39, 0.29) is 17.9 Å². The lowest BCUT2D eigenvalue weighted by molar-refractivity contribution is -0.142. The Morgan fingerprint density at radius 1 is 1.41 bits per heavy atom. The molecule has 2 rings (SSSR count). The van der Waals surface area contributed by atoms with Gasteiger partial charge in [0, 0.05) is 14.1 Å². The number of hydrogen-bond donors (Lipinski definition) is 0. The number of aromatic nitrogens is 2. The summed E-state index contributed by atoms with van der Waals surface area (Å²) in [5.41, 5.74) is 0.688. The molecule has 0 saturated heterocycles. The van der Waals surface area contributed by atoms with Crippen molar-refractivity contribution >= 4 is 27.5 Å². The van der Waals surface area contributed by atoms with E-state index in [1.165, 1.54) is 16.0 Å². The Bertz CT molecular complexity index is 620. The quantitative estimate of drug-likeness (QED) is 0.769. The molecule has 0 unspecified atom stereocenters. The highest BCUT2D eigenvalue weighted by atomic mass is 32.1. The Morgan fingerprint density at radius 3 is 2.76 bits per heavy atom. The topological polar surface area (TPSA) is 53.2 Å². The molecule has 5 nitrogen and oxygen atoms in total. The number of fused-ring (bicyclic) bond motifs is 1. The minimum absolute atomic E-state index is 0.0666. The van der Waals surface area contributed by atoms with Crippen molar-refractivity contribution in [3.63, 3.8) is 0 Å². The van der Waals surface area contributed by atoms with Gasteiger partial charge in [-0.05, 0) is 17.9 Å². The summed E-state index contributed by atoms with van der Waals surface area (Å²) >= 11 is 1.47. The van der Waals surface area contributed by atoms with Crippen molar-refractivity contribution in [2.75, 3.05) is 6.61 Å². The van der Waals surface area contributed by atoms with Gasteiger partial charge in [0.1, 0.15) is 4.83 Å². The number of hydrogen-bond acceptors (Lipinski definition) is 4. The minimum Gasteiger partial charge on any atom is -0.466 e. The molecule has 0 spiro atoms.